The molecule has 2 N–H and O–H groups in total. The maximum absolute atomic E-state index is 12.5. The third-order valence-corrected chi connectivity index (χ3v) is 5.47. The first-order valence-electron chi connectivity index (χ1n) is 10.3. The van der Waals surface area contributed by atoms with Crippen molar-refractivity contribution in [1.29, 1.82) is 0 Å². The first kappa shape index (κ1) is 25.1. The van der Waals surface area contributed by atoms with E-state index in [1.54, 1.807) is 0 Å². The van der Waals surface area contributed by atoms with E-state index < -0.39 is 34.5 Å². The molecule has 2 aromatic carbocycles. The van der Waals surface area contributed by atoms with E-state index in [4.69, 9.17) is 17.0 Å². The number of nitro groups is 1. The molecule has 1 aliphatic rings. The van der Waals surface area contributed by atoms with E-state index in [0.29, 0.717) is 18.5 Å². The van der Waals surface area contributed by atoms with E-state index in [9.17, 15) is 32.9 Å². The van der Waals surface area contributed by atoms with Crippen LogP contribution >= 0.6 is 12.2 Å². The summed E-state index contributed by atoms with van der Waals surface area (Å²) in [7, 11) is 0. The smallest absolute Gasteiger partial charge is 0.454 e. The molecule has 1 aliphatic carbocycles. The highest BCUT2D eigenvalue weighted by molar-refractivity contribution is 7.80. The van der Waals surface area contributed by atoms with Crippen molar-refractivity contribution >= 4 is 40.5 Å². The summed E-state index contributed by atoms with van der Waals surface area (Å²) < 4.78 is 43.2. The Kier molecular flexibility index (Phi) is 7.82. The Morgan fingerprint density at radius 2 is 1.59 bits per heavy atom. The number of ether oxygens (including phenoxy) is 1. The van der Waals surface area contributed by atoms with Crippen molar-refractivity contribution in [2.24, 2.45) is 0 Å². The van der Waals surface area contributed by atoms with Crippen molar-refractivity contribution in [2.75, 3.05) is 5.32 Å². The standard InChI is InChI=1S/C22H20F3N3O5S/c23-22(24,25)19(29)13-5-7-14(8-6-13)20(30)33-18-4-2-1-3-17(18)27-21(34)26-15-9-11-16(12-10-15)28(31)32/h5-12,17-18H,1-4H2,(H2,26,27,34)/t17?,18-/m1/s1. The molecular weight excluding hydrogens is 475 g/mol. The molecule has 12 heteroatoms. The van der Waals surface area contributed by atoms with Gasteiger partial charge in [-0.25, -0.2) is 4.79 Å². The molecule has 0 heterocycles. The number of alkyl halides is 3. The number of carbonyl (C=O) groups is 2. The lowest BCUT2D eigenvalue weighted by molar-refractivity contribution is -0.384. The lowest BCUT2D eigenvalue weighted by atomic mass is 9.92. The molecule has 0 radical (unpaired) electrons. The van der Waals surface area contributed by atoms with Crippen LogP contribution in [0.1, 0.15) is 46.4 Å². The Morgan fingerprint density at radius 3 is 2.18 bits per heavy atom. The van der Waals surface area contributed by atoms with Gasteiger partial charge in [-0.1, -0.05) is 18.6 Å². The number of carbonyl (C=O) groups excluding carboxylic acids is 2. The number of nitro benzene ring substituents is 1. The molecule has 1 unspecified atom stereocenters. The molecule has 34 heavy (non-hydrogen) atoms. The summed E-state index contributed by atoms with van der Waals surface area (Å²) in [5.41, 5.74) is -0.0565. The average Bonchev–Trinajstić information content (AvgIpc) is 2.79. The number of ketones is 1. The minimum absolute atomic E-state index is 0.0228. The van der Waals surface area contributed by atoms with Gasteiger partial charge in [0.05, 0.1) is 16.5 Å². The number of thiocarbonyl (C=S) groups is 1. The molecule has 2 atom stereocenters. The van der Waals surface area contributed by atoms with Crippen molar-refractivity contribution in [3.63, 3.8) is 0 Å². The number of hydrogen-bond donors (Lipinski definition) is 2. The number of non-ortho nitro benzene ring substituents is 1. The minimum Gasteiger partial charge on any atom is -0.457 e. The number of halogens is 3. The van der Waals surface area contributed by atoms with Gasteiger partial charge in [-0.2, -0.15) is 13.2 Å². The number of esters is 1. The van der Waals surface area contributed by atoms with E-state index in [1.807, 2.05) is 0 Å². The number of rotatable bonds is 6. The number of benzene rings is 2. The van der Waals surface area contributed by atoms with Crippen LogP contribution in [0.15, 0.2) is 48.5 Å². The van der Waals surface area contributed by atoms with Crippen LogP contribution in [0.25, 0.3) is 0 Å². The third kappa shape index (κ3) is 6.50. The summed E-state index contributed by atoms with van der Waals surface area (Å²) in [5.74, 6) is -2.71. The summed E-state index contributed by atoms with van der Waals surface area (Å²) in [6.07, 6.45) is -2.61. The molecule has 0 bridgehead atoms. The molecule has 2 aromatic rings. The van der Waals surface area contributed by atoms with Crippen LogP contribution in [0.2, 0.25) is 0 Å². The second kappa shape index (κ2) is 10.6. The molecule has 1 fully saturated rings. The quantitative estimate of drug-likeness (QED) is 0.193. The third-order valence-electron chi connectivity index (χ3n) is 5.25. The fraction of sp³-hybridized carbons (Fsp3) is 0.318. The van der Waals surface area contributed by atoms with Gasteiger partial charge in [0.1, 0.15) is 6.10 Å². The summed E-state index contributed by atoms with van der Waals surface area (Å²) in [5, 5.41) is 17.0. The molecule has 180 valence electrons. The van der Waals surface area contributed by atoms with Crippen molar-refractivity contribution < 1.29 is 32.4 Å². The minimum atomic E-state index is -5.00. The zero-order valence-electron chi connectivity index (χ0n) is 17.6. The normalized spacial score (nSPS) is 18.0. The number of nitrogens with one attached hydrogen (secondary N) is 2. The van der Waals surface area contributed by atoms with Gasteiger partial charge in [-0.05, 0) is 55.7 Å². The fourth-order valence-corrected chi connectivity index (χ4v) is 3.80. The van der Waals surface area contributed by atoms with Crippen molar-refractivity contribution in [1.82, 2.24) is 5.32 Å². The van der Waals surface area contributed by atoms with Crippen LogP contribution in [0, 0.1) is 10.1 Å². The van der Waals surface area contributed by atoms with Gasteiger partial charge in [-0.15, -0.1) is 0 Å². The Hall–Kier alpha value is -3.54. The number of nitrogens with zero attached hydrogens (tertiary/aromatic N) is 1. The Balaban J connectivity index is 1.60. The van der Waals surface area contributed by atoms with Gasteiger partial charge in [-0.3, -0.25) is 14.9 Å². The number of anilines is 1. The predicted octanol–water partition coefficient (Wildman–Crippen LogP) is 4.79. The van der Waals surface area contributed by atoms with Crippen LogP contribution in [0.4, 0.5) is 24.5 Å². The largest absolute Gasteiger partial charge is 0.457 e. The van der Waals surface area contributed by atoms with Crippen LogP contribution in [-0.2, 0) is 4.74 Å². The first-order valence-corrected chi connectivity index (χ1v) is 10.7. The van der Waals surface area contributed by atoms with E-state index in [1.165, 1.54) is 24.3 Å². The number of Topliss-reactive ketones (excluding diaryl/α,β-unsaturated/α-hetero) is 1. The summed E-state index contributed by atoms with van der Waals surface area (Å²) in [6.45, 7) is 0. The van der Waals surface area contributed by atoms with Crippen molar-refractivity contribution in [3.8, 4) is 0 Å². The number of hydrogen-bond acceptors (Lipinski definition) is 6. The maximum atomic E-state index is 12.5. The van der Waals surface area contributed by atoms with E-state index in [2.05, 4.69) is 10.6 Å². The predicted molar refractivity (Wildman–Crippen MR) is 121 cm³/mol. The Morgan fingerprint density at radius 1 is 1.00 bits per heavy atom. The van der Waals surface area contributed by atoms with Gasteiger partial charge in [0, 0.05) is 23.4 Å². The van der Waals surface area contributed by atoms with Crippen molar-refractivity contribution in [3.05, 3.63) is 69.8 Å². The zero-order valence-corrected chi connectivity index (χ0v) is 18.4. The highest BCUT2D eigenvalue weighted by Gasteiger charge is 2.39. The first-order chi connectivity index (χ1) is 16.0. The molecule has 0 saturated heterocycles. The topological polar surface area (TPSA) is 111 Å². The summed E-state index contributed by atoms with van der Waals surface area (Å²) >= 11 is 5.31. The van der Waals surface area contributed by atoms with E-state index >= 15 is 0 Å². The van der Waals surface area contributed by atoms with Crippen LogP contribution in [0.5, 0.6) is 0 Å². The molecule has 0 aliphatic heterocycles. The van der Waals surface area contributed by atoms with Crippen LogP contribution in [-0.4, -0.2) is 40.1 Å². The SMILES string of the molecule is O=C(O[C@@H]1CCCCC1NC(=S)Nc1ccc([N+](=O)[O-])cc1)c1ccc(C(=O)C(F)(F)F)cc1. The molecule has 0 aromatic heterocycles. The molecular formula is C22H20F3N3O5S. The highest BCUT2D eigenvalue weighted by atomic mass is 32.1. The second-order valence-corrected chi connectivity index (χ2v) is 8.05. The summed E-state index contributed by atoms with van der Waals surface area (Å²) in [4.78, 5) is 34.1. The molecule has 3 rings (SSSR count). The van der Waals surface area contributed by atoms with Crippen LogP contribution < -0.4 is 10.6 Å². The summed E-state index contributed by atoms with van der Waals surface area (Å²) in [6, 6.07) is 9.50. The zero-order chi connectivity index (χ0) is 24.9. The van der Waals surface area contributed by atoms with Gasteiger partial charge in [0.2, 0.25) is 0 Å². The van der Waals surface area contributed by atoms with Gasteiger partial charge < -0.3 is 15.4 Å². The second-order valence-electron chi connectivity index (χ2n) is 7.64. The molecule has 0 amide bonds. The monoisotopic (exact) mass is 495 g/mol. The Bertz CT molecular complexity index is 1070. The lowest BCUT2D eigenvalue weighted by Gasteiger charge is -2.32. The fourth-order valence-electron chi connectivity index (χ4n) is 3.53. The molecule has 8 nitrogen and oxygen atoms in total. The Labute approximate surface area is 197 Å². The van der Waals surface area contributed by atoms with E-state index in [-0.39, 0.29) is 22.4 Å². The van der Waals surface area contributed by atoms with E-state index in [0.717, 1.165) is 37.1 Å². The molecule has 1 saturated carbocycles. The lowest BCUT2D eigenvalue weighted by Crippen LogP contribution is -2.48. The highest BCUT2D eigenvalue weighted by Crippen LogP contribution is 2.24. The van der Waals surface area contributed by atoms with Gasteiger partial charge in [0.15, 0.2) is 5.11 Å². The average molecular weight is 495 g/mol. The maximum Gasteiger partial charge on any atom is 0.454 e. The van der Waals surface area contributed by atoms with Gasteiger partial charge in [0.25, 0.3) is 11.5 Å². The van der Waals surface area contributed by atoms with Crippen LogP contribution in [0.3, 0.4) is 0 Å². The van der Waals surface area contributed by atoms with Crippen molar-refractivity contribution in [2.45, 2.75) is 44.0 Å². The van der Waals surface area contributed by atoms with Gasteiger partial charge >= 0.3 is 12.1 Å². The molecule has 0 spiro atoms.